The van der Waals surface area contributed by atoms with Crippen LogP contribution in [0.25, 0.3) is 0 Å². The zero-order valence-electron chi connectivity index (χ0n) is 24.7. The van der Waals surface area contributed by atoms with Crippen molar-refractivity contribution in [2.24, 2.45) is 34.8 Å². The van der Waals surface area contributed by atoms with E-state index in [1.807, 2.05) is 0 Å². The van der Waals surface area contributed by atoms with E-state index in [1.54, 1.807) is 0 Å². The summed E-state index contributed by atoms with van der Waals surface area (Å²) < 4.78 is 0. The Bertz CT molecular complexity index is 322. The fourth-order valence-electron chi connectivity index (χ4n) is 5.77. The van der Waals surface area contributed by atoms with Crippen LogP contribution in [0.1, 0.15) is 167 Å². The molecule has 0 saturated carbocycles. The molecule has 8 N–H and O–H groups in total. The monoisotopic (exact) mass is 511 g/mol. The Balaban J connectivity index is 4.50. The molecule has 0 aromatic carbocycles. The second-order valence-electron chi connectivity index (χ2n) is 11.7. The lowest BCUT2D eigenvalue weighted by Crippen LogP contribution is -2.08. The second kappa shape index (κ2) is 31.1. The van der Waals surface area contributed by atoms with Gasteiger partial charge in [0.05, 0.1) is 0 Å². The summed E-state index contributed by atoms with van der Waals surface area (Å²) in [5.74, 6) is 1.90. The molecular weight excluding hydrogens is 440 g/mol. The molecule has 0 rings (SSSR count). The zero-order valence-corrected chi connectivity index (χ0v) is 24.7. The minimum atomic E-state index is 0.855. The lowest BCUT2D eigenvalue weighted by Gasteiger charge is -2.22. The Morgan fingerprint density at radius 3 is 0.639 bits per heavy atom. The maximum absolute atomic E-state index is 5.67. The van der Waals surface area contributed by atoms with Crippen LogP contribution in [-0.4, -0.2) is 26.2 Å². The number of rotatable bonds is 31. The maximum atomic E-state index is 5.67. The summed E-state index contributed by atoms with van der Waals surface area (Å²) in [6.07, 6.45) is 35.7. The third-order valence-corrected chi connectivity index (χ3v) is 8.25. The van der Waals surface area contributed by atoms with Crippen molar-refractivity contribution in [1.82, 2.24) is 0 Å². The highest BCUT2D eigenvalue weighted by molar-refractivity contribution is 4.67. The zero-order chi connectivity index (χ0) is 26.4. The molecule has 0 unspecified atom stereocenters. The number of hydrogen-bond acceptors (Lipinski definition) is 4. The lowest BCUT2D eigenvalue weighted by atomic mass is 9.84. The van der Waals surface area contributed by atoms with Gasteiger partial charge in [-0.1, -0.05) is 141 Å². The Morgan fingerprint density at radius 2 is 0.417 bits per heavy atom. The third kappa shape index (κ3) is 26.9. The molecule has 0 aliphatic heterocycles. The van der Waals surface area contributed by atoms with E-state index < -0.39 is 0 Å². The predicted octanol–water partition coefficient (Wildman–Crippen LogP) is 8.20. The van der Waals surface area contributed by atoms with E-state index in [2.05, 4.69) is 0 Å². The maximum Gasteiger partial charge on any atom is -0.00773 e. The molecule has 0 aliphatic carbocycles. The number of hydrogen-bond donors (Lipinski definition) is 4. The van der Waals surface area contributed by atoms with Gasteiger partial charge in [-0.15, -0.1) is 0 Å². The van der Waals surface area contributed by atoms with Gasteiger partial charge in [0.25, 0.3) is 0 Å². The molecule has 4 nitrogen and oxygen atoms in total. The van der Waals surface area contributed by atoms with Crippen LogP contribution in [0.15, 0.2) is 0 Å². The van der Waals surface area contributed by atoms with Gasteiger partial charge in [0.15, 0.2) is 0 Å². The molecule has 0 fully saturated rings. The fourth-order valence-corrected chi connectivity index (χ4v) is 5.77. The molecule has 0 heterocycles. The molecule has 218 valence electrons. The van der Waals surface area contributed by atoms with Gasteiger partial charge in [-0.25, -0.2) is 0 Å². The van der Waals surface area contributed by atoms with E-state index in [9.17, 15) is 0 Å². The van der Waals surface area contributed by atoms with Gasteiger partial charge in [0.2, 0.25) is 0 Å². The van der Waals surface area contributed by atoms with Gasteiger partial charge in [-0.2, -0.15) is 0 Å². The van der Waals surface area contributed by atoms with Crippen molar-refractivity contribution in [2.45, 2.75) is 167 Å². The largest absolute Gasteiger partial charge is 0.330 e. The Labute approximate surface area is 227 Å². The van der Waals surface area contributed by atoms with Crippen LogP contribution in [0, 0.1) is 11.8 Å². The first-order valence-corrected chi connectivity index (χ1v) is 16.6. The van der Waals surface area contributed by atoms with E-state index in [0.29, 0.717) is 0 Å². The van der Waals surface area contributed by atoms with Gasteiger partial charge in [-0.05, 0) is 63.7 Å². The predicted molar refractivity (Wildman–Crippen MR) is 163 cm³/mol. The summed E-state index contributed by atoms with van der Waals surface area (Å²) in [6.45, 7) is 3.42. The van der Waals surface area contributed by atoms with Gasteiger partial charge >= 0.3 is 0 Å². The highest BCUT2D eigenvalue weighted by Crippen LogP contribution is 2.29. The molecule has 0 bridgehead atoms. The van der Waals surface area contributed by atoms with Gasteiger partial charge in [-0.3, -0.25) is 0 Å². The first-order chi connectivity index (χ1) is 17.8. The summed E-state index contributed by atoms with van der Waals surface area (Å²) in [4.78, 5) is 0. The molecule has 4 heteroatoms. The van der Waals surface area contributed by atoms with E-state index in [-0.39, 0.29) is 0 Å². The highest BCUT2D eigenvalue weighted by Gasteiger charge is 2.14. The van der Waals surface area contributed by atoms with Crippen LogP contribution >= 0.6 is 0 Å². The quantitative estimate of drug-likeness (QED) is 0.0705. The first kappa shape index (κ1) is 35.8. The third-order valence-electron chi connectivity index (χ3n) is 8.25. The Morgan fingerprint density at radius 1 is 0.222 bits per heavy atom. The lowest BCUT2D eigenvalue weighted by molar-refractivity contribution is 0.309. The van der Waals surface area contributed by atoms with E-state index >= 15 is 0 Å². The molecular formula is C32H70N4. The molecule has 0 radical (unpaired) electrons. The van der Waals surface area contributed by atoms with Crippen molar-refractivity contribution >= 4 is 0 Å². The SMILES string of the molecule is NCCCCCCCC(CCCCCCCN)CCC(CCCCCCCN)CCCCCCCN. The van der Waals surface area contributed by atoms with Crippen LogP contribution < -0.4 is 22.9 Å². The molecule has 0 saturated heterocycles. The average molecular weight is 511 g/mol. The van der Waals surface area contributed by atoms with Crippen LogP contribution in [0.2, 0.25) is 0 Å². The smallest absolute Gasteiger partial charge is 0.00773 e. The first-order valence-electron chi connectivity index (χ1n) is 16.6. The molecule has 0 aliphatic rings. The average Bonchev–Trinajstić information content (AvgIpc) is 2.89. The van der Waals surface area contributed by atoms with Crippen LogP contribution in [-0.2, 0) is 0 Å². The van der Waals surface area contributed by atoms with Crippen molar-refractivity contribution in [3.8, 4) is 0 Å². The van der Waals surface area contributed by atoms with E-state index in [1.165, 1.54) is 167 Å². The number of unbranched alkanes of at least 4 members (excludes halogenated alkanes) is 16. The summed E-state index contributed by atoms with van der Waals surface area (Å²) in [5, 5.41) is 0. The van der Waals surface area contributed by atoms with Crippen molar-refractivity contribution in [3.05, 3.63) is 0 Å². The van der Waals surface area contributed by atoms with Crippen molar-refractivity contribution in [3.63, 3.8) is 0 Å². The molecule has 0 spiro atoms. The van der Waals surface area contributed by atoms with E-state index in [0.717, 1.165) is 38.0 Å². The minimum absolute atomic E-state index is 0.855. The molecule has 0 atom stereocenters. The molecule has 0 amide bonds. The number of nitrogens with two attached hydrogens (primary N) is 4. The minimum Gasteiger partial charge on any atom is -0.330 e. The summed E-state index contributed by atoms with van der Waals surface area (Å²) in [5.41, 5.74) is 22.7. The van der Waals surface area contributed by atoms with Crippen LogP contribution in [0.5, 0.6) is 0 Å². The Kier molecular flexibility index (Phi) is 30.9. The van der Waals surface area contributed by atoms with Gasteiger partial charge in [0, 0.05) is 0 Å². The molecule has 0 aromatic heterocycles. The summed E-state index contributed by atoms with van der Waals surface area (Å²) >= 11 is 0. The second-order valence-corrected chi connectivity index (χ2v) is 11.7. The van der Waals surface area contributed by atoms with Crippen LogP contribution in [0.3, 0.4) is 0 Å². The van der Waals surface area contributed by atoms with Crippen molar-refractivity contribution in [1.29, 1.82) is 0 Å². The van der Waals surface area contributed by atoms with Crippen LogP contribution in [0.4, 0.5) is 0 Å². The van der Waals surface area contributed by atoms with Gasteiger partial charge in [0.1, 0.15) is 0 Å². The summed E-state index contributed by atoms with van der Waals surface area (Å²) in [6, 6.07) is 0. The topological polar surface area (TPSA) is 104 Å². The normalized spacial score (nSPS) is 11.8. The standard InChI is InChI=1S/C32H70N4/c33-27-17-9-1-5-13-21-31(22-14-6-2-10-18-28-34)25-26-32(23-15-7-3-11-19-29-35)24-16-8-4-12-20-30-36/h31-32H,1-30,33-36H2. The summed E-state index contributed by atoms with van der Waals surface area (Å²) in [7, 11) is 0. The van der Waals surface area contributed by atoms with E-state index in [4.69, 9.17) is 22.9 Å². The molecule has 0 aromatic rings. The van der Waals surface area contributed by atoms with Crippen molar-refractivity contribution < 1.29 is 0 Å². The molecule has 36 heavy (non-hydrogen) atoms. The van der Waals surface area contributed by atoms with Gasteiger partial charge < -0.3 is 22.9 Å². The highest BCUT2D eigenvalue weighted by atomic mass is 14.5. The van der Waals surface area contributed by atoms with Crippen molar-refractivity contribution in [2.75, 3.05) is 26.2 Å². The Hall–Kier alpha value is -0.160. The fraction of sp³-hybridized carbons (Fsp3) is 1.00.